The Morgan fingerprint density at radius 2 is 1.64 bits per heavy atom. The molecule has 4 saturated carbocycles. The zero-order valence-electron chi connectivity index (χ0n) is 19.9. The first-order chi connectivity index (χ1) is 15.7. The summed E-state index contributed by atoms with van der Waals surface area (Å²) in [5, 5.41) is 0. The number of carbonyl (C=O) groups is 3. The number of epoxide rings is 1. The van der Waals surface area contributed by atoms with Crippen molar-refractivity contribution >= 4 is 17.5 Å². The van der Waals surface area contributed by atoms with Gasteiger partial charge in [-0.05, 0) is 81.8 Å². The van der Waals surface area contributed by atoms with E-state index in [1.54, 1.807) is 19.1 Å². The molecule has 4 aliphatic carbocycles. The van der Waals surface area contributed by atoms with Crippen molar-refractivity contribution in [3.05, 3.63) is 35.9 Å². The Morgan fingerprint density at radius 1 is 0.939 bits per heavy atom. The summed E-state index contributed by atoms with van der Waals surface area (Å²) in [7, 11) is 0. The standard InChI is InChI=1S/C28H34O5/c1-17(29)27(33-24(31)18-7-5-4-6-8-18)16-11-21-19-9-15-28-23(32-28)22(30)12-14-26(28,3)20(19)10-13-25(21,27)2/h4-8,19-21,23H,9-16H2,1-3H3/t19?,20?,21?,23-,25+,26-,27+,28-/m1/s1. The molecule has 5 heteroatoms. The summed E-state index contributed by atoms with van der Waals surface area (Å²) in [5.74, 6) is 1.18. The Bertz CT molecular complexity index is 1030. The number of carbonyl (C=O) groups excluding carboxylic acids is 3. The number of benzene rings is 1. The third-order valence-electron chi connectivity index (χ3n) is 10.9. The lowest BCUT2D eigenvalue weighted by Gasteiger charge is -2.60. The molecule has 1 heterocycles. The quantitative estimate of drug-likeness (QED) is 0.483. The molecule has 1 aromatic rings. The van der Waals surface area contributed by atoms with Crippen molar-refractivity contribution in [2.45, 2.75) is 89.4 Å². The Balaban J connectivity index is 1.32. The molecule has 1 spiro atoms. The molecule has 6 rings (SSSR count). The van der Waals surface area contributed by atoms with Gasteiger partial charge in [0, 0.05) is 17.3 Å². The molecule has 5 fully saturated rings. The van der Waals surface area contributed by atoms with E-state index in [1.165, 1.54) is 0 Å². The van der Waals surface area contributed by atoms with Crippen molar-refractivity contribution in [3.8, 4) is 0 Å². The summed E-state index contributed by atoms with van der Waals surface area (Å²) in [6.45, 7) is 6.17. The number of rotatable bonds is 3. The zero-order valence-corrected chi connectivity index (χ0v) is 19.9. The highest BCUT2D eigenvalue weighted by molar-refractivity contribution is 5.95. The predicted octanol–water partition coefficient (Wildman–Crippen LogP) is 4.91. The van der Waals surface area contributed by atoms with E-state index in [-0.39, 0.29) is 34.1 Å². The fourth-order valence-corrected chi connectivity index (χ4v) is 9.11. The van der Waals surface area contributed by atoms with E-state index in [0.29, 0.717) is 36.2 Å². The predicted molar refractivity (Wildman–Crippen MR) is 122 cm³/mol. The van der Waals surface area contributed by atoms with Crippen LogP contribution in [-0.4, -0.2) is 34.8 Å². The average molecular weight is 451 g/mol. The normalized spacial score (nSPS) is 47.5. The van der Waals surface area contributed by atoms with E-state index in [0.717, 1.165) is 38.5 Å². The number of fused-ring (bicyclic) bond motifs is 4. The molecule has 0 bridgehead atoms. The Kier molecular flexibility index (Phi) is 4.42. The second-order valence-electron chi connectivity index (χ2n) is 11.8. The second-order valence-corrected chi connectivity index (χ2v) is 11.8. The highest BCUT2D eigenvalue weighted by Crippen LogP contribution is 2.73. The lowest BCUT2D eigenvalue weighted by atomic mass is 9.44. The lowest BCUT2D eigenvalue weighted by molar-refractivity contribution is -0.169. The van der Waals surface area contributed by atoms with Gasteiger partial charge >= 0.3 is 5.97 Å². The van der Waals surface area contributed by atoms with Crippen LogP contribution < -0.4 is 0 Å². The summed E-state index contributed by atoms with van der Waals surface area (Å²) >= 11 is 0. The third kappa shape index (κ3) is 2.55. The molecule has 0 aromatic heterocycles. The Labute approximate surface area is 195 Å². The molecule has 0 amide bonds. The molecule has 176 valence electrons. The van der Waals surface area contributed by atoms with E-state index >= 15 is 0 Å². The van der Waals surface area contributed by atoms with Gasteiger partial charge in [0.05, 0.1) is 5.56 Å². The second kappa shape index (κ2) is 6.78. The van der Waals surface area contributed by atoms with E-state index in [2.05, 4.69) is 13.8 Å². The van der Waals surface area contributed by atoms with Gasteiger partial charge in [-0.3, -0.25) is 9.59 Å². The summed E-state index contributed by atoms with van der Waals surface area (Å²) in [5.41, 5.74) is -1.15. The van der Waals surface area contributed by atoms with Crippen molar-refractivity contribution in [1.82, 2.24) is 0 Å². The molecule has 0 radical (unpaired) electrons. The number of Topliss-reactive ketones (excluding diaryl/α,β-unsaturated/α-hetero) is 2. The lowest BCUT2D eigenvalue weighted by Crippen LogP contribution is -2.61. The van der Waals surface area contributed by atoms with Gasteiger partial charge in [0.2, 0.25) is 0 Å². The first-order valence-electron chi connectivity index (χ1n) is 12.7. The molecule has 5 aliphatic rings. The van der Waals surface area contributed by atoms with Crippen LogP contribution in [0.15, 0.2) is 30.3 Å². The van der Waals surface area contributed by atoms with E-state index in [1.807, 2.05) is 18.2 Å². The maximum absolute atomic E-state index is 13.2. The van der Waals surface area contributed by atoms with Crippen LogP contribution in [0.2, 0.25) is 0 Å². The molecule has 1 aromatic carbocycles. The summed E-state index contributed by atoms with van der Waals surface area (Å²) in [6.07, 6.45) is 6.69. The summed E-state index contributed by atoms with van der Waals surface area (Å²) < 4.78 is 12.4. The smallest absolute Gasteiger partial charge is 0.339 e. The molecular weight excluding hydrogens is 416 g/mol. The van der Waals surface area contributed by atoms with Crippen LogP contribution in [0.5, 0.6) is 0 Å². The van der Waals surface area contributed by atoms with E-state index < -0.39 is 11.6 Å². The van der Waals surface area contributed by atoms with Gasteiger partial charge < -0.3 is 9.47 Å². The number of ether oxygens (including phenoxy) is 2. The Morgan fingerprint density at radius 3 is 2.36 bits per heavy atom. The fraction of sp³-hybridized carbons (Fsp3) is 0.679. The summed E-state index contributed by atoms with van der Waals surface area (Å²) in [6, 6.07) is 9.01. The molecule has 1 saturated heterocycles. The molecule has 3 unspecified atom stereocenters. The topological polar surface area (TPSA) is 73.0 Å². The number of hydrogen-bond acceptors (Lipinski definition) is 5. The van der Waals surface area contributed by atoms with Crippen LogP contribution in [0.25, 0.3) is 0 Å². The highest BCUT2D eigenvalue weighted by atomic mass is 16.6. The largest absolute Gasteiger partial charge is 0.447 e. The zero-order chi connectivity index (χ0) is 23.2. The van der Waals surface area contributed by atoms with Crippen LogP contribution in [0.3, 0.4) is 0 Å². The first kappa shape index (κ1) is 21.5. The molecule has 0 N–H and O–H groups in total. The van der Waals surface area contributed by atoms with Crippen LogP contribution in [0, 0.1) is 28.6 Å². The maximum atomic E-state index is 13.2. The SMILES string of the molecule is CC(=O)[C@@]1(OC(=O)c2ccccc2)CCC2C3CC[C@@]45O[C@@H]4C(=O)CC[C@]5(C)C3CC[C@@]21C. The van der Waals surface area contributed by atoms with Gasteiger partial charge in [-0.1, -0.05) is 32.0 Å². The van der Waals surface area contributed by atoms with Gasteiger partial charge in [-0.15, -0.1) is 0 Å². The molecule has 33 heavy (non-hydrogen) atoms. The van der Waals surface area contributed by atoms with Gasteiger partial charge in [0.15, 0.2) is 17.2 Å². The monoisotopic (exact) mass is 450 g/mol. The maximum Gasteiger partial charge on any atom is 0.339 e. The van der Waals surface area contributed by atoms with Crippen molar-refractivity contribution < 1.29 is 23.9 Å². The first-order valence-corrected chi connectivity index (χ1v) is 12.7. The van der Waals surface area contributed by atoms with Crippen LogP contribution in [-0.2, 0) is 19.1 Å². The minimum absolute atomic E-state index is 0.0254. The average Bonchev–Trinajstić information content (AvgIpc) is 3.48. The van der Waals surface area contributed by atoms with Gasteiger partial charge in [0.25, 0.3) is 0 Å². The highest BCUT2D eigenvalue weighted by Gasteiger charge is 2.77. The van der Waals surface area contributed by atoms with Crippen molar-refractivity contribution in [2.75, 3.05) is 0 Å². The van der Waals surface area contributed by atoms with Crippen molar-refractivity contribution in [3.63, 3.8) is 0 Å². The number of esters is 1. The summed E-state index contributed by atoms with van der Waals surface area (Å²) in [4.78, 5) is 38.7. The van der Waals surface area contributed by atoms with Crippen molar-refractivity contribution in [1.29, 1.82) is 0 Å². The van der Waals surface area contributed by atoms with Gasteiger partial charge in [0.1, 0.15) is 11.7 Å². The third-order valence-corrected chi connectivity index (χ3v) is 10.9. The minimum atomic E-state index is -1.06. The fourth-order valence-electron chi connectivity index (χ4n) is 9.11. The van der Waals surface area contributed by atoms with Crippen LogP contribution in [0.1, 0.15) is 82.5 Å². The van der Waals surface area contributed by atoms with Gasteiger partial charge in [-0.2, -0.15) is 0 Å². The minimum Gasteiger partial charge on any atom is -0.447 e. The number of ketones is 2. The number of hydrogen-bond donors (Lipinski definition) is 0. The molecular formula is C28H34O5. The molecule has 1 aliphatic heterocycles. The Hall–Kier alpha value is -2.01. The van der Waals surface area contributed by atoms with Crippen LogP contribution >= 0.6 is 0 Å². The van der Waals surface area contributed by atoms with E-state index in [4.69, 9.17) is 9.47 Å². The van der Waals surface area contributed by atoms with Crippen LogP contribution in [0.4, 0.5) is 0 Å². The molecule has 5 nitrogen and oxygen atoms in total. The van der Waals surface area contributed by atoms with E-state index in [9.17, 15) is 14.4 Å². The van der Waals surface area contributed by atoms with Crippen molar-refractivity contribution in [2.24, 2.45) is 28.6 Å². The molecule has 8 atom stereocenters. The van der Waals surface area contributed by atoms with Gasteiger partial charge in [-0.25, -0.2) is 4.79 Å².